The molecule has 2 atom stereocenters. The van der Waals surface area contributed by atoms with Crippen molar-refractivity contribution in [1.82, 2.24) is 4.98 Å². The van der Waals surface area contributed by atoms with Gasteiger partial charge in [-0.3, -0.25) is 4.98 Å². The molecule has 1 aromatic carbocycles. The zero-order chi connectivity index (χ0) is 12.5. The fourth-order valence-electron chi connectivity index (χ4n) is 2.65. The number of halogens is 1. The number of benzene rings is 1. The lowest BCUT2D eigenvalue weighted by Crippen LogP contribution is -2.22. The minimum atomic E-state index is 0.0633. The molecule has 3 heteroatoms. The molecule has 2 aromatic rings. The van der Waals surface area contributed by atoms with Crippen molar-refractivity contribution in [1.29, 1.82) is 0 Å². The Balaban J connectivity index is 1.72. The lowest BCUT2D eigenvalue weighted by Gasteiger charge is -2.32. The number of nitrogens with zero attached hydrogens (tertiary/aromatic N) is 1. The van der Waals surface area contributed by atoms with Crippen LogP contribution in [-0.4, -0.2) is 4.98 Å². The molecule has 0 saturated heterocycles. The number of nitrogens with two attached hydrogens (primary N) is 1. The second-order valence-electron chi connectivity index (χ2n) is 4.88. The second kappa shape index (κ2) is 4.82. The van der Waals surface area contributed by atoms with E-state index >= 15 is 0 Å². The monoisotopic (exact) mass is 302 g/mol. The van der Waals surface area contributed by atoms with Gasteiger partial charge in [0.15, 0.2) is 0 Å². The highest BCUT2D eigenvalue weighted by atomic mass is 79.9. The molecule has 92 valence electrons. The van der Waals surface area contributed by atoms with Crippen molar-refractivity contribution in [3.05, 3.63) is 63.9 Å². The van der Waals surface area contributed by atoms with Crippen LogP contribution in [0.5, 0.6) is 0 Å². The van der Waals surface area contributed by atoms with Gasteiger partial charge in [0.1, 0.15) is 0 Å². The van der Waals surface area contributed by atoms with Crippen LogP contribution in [0.2, 0.25) is 0 Å². The third-order valence-corrected chi connectivity index (χ3v) is 4.09. The molecule has 3 rings (SSSR count). The third-order valence-electron chi connectivity index (χ3n) is 3.65. The molecular weight excluding hydrogens is 288 g/mol. The first-order valence-electron chi connectivity index (χ1n) is 6.18. The molecule has 0 amide bonds. The molecule has 2 N–H and O–H groups in total. The Morgan fingerprint density at radius 1 is 1.33 bits per heavy atom. The normalized spacial score (nSPS) is 18.9. The first-order chi connectivity index (χ1) is 8.74. The summed E-state index contributed by atoms with van der Waals surface area (Å²) in [7, 11) is 0. The van der Waals surface area contributed by atoms with Crippen LogP contribution >= 0.6 is 15.9 Å². The molecule has 1 aliphatic carbocycles. The fraction of sp³-hybridized carbons (Fsp3) is 0.267. The molecule has 1 aromatic heterocycles. The van der Waals surface area contributed by atoms with Gasteiger partial charge < -0.3 is 5.73 Å². The zero-order valence-electron chi connectivity index (χ0n) is 10.0. The molecule has 1 aliphatic rings. The molecule has 0 fully saturated rings. The van der Waals surface area contributed by atoms with Crippen molar-refractivity contribution in [2.75, 3.05) is 0 Å². The summed E-state index contributed by atoms with van der Waals surface area (Å²) < 4.78 is 0.990. The summed E-state index contributed by atoms with van der Waals surface area (Å²) in [5.41, 5.74) is 10.3. The van der Waals surface area contributed by atoms with Gasteiger partial charge in [0, 0.05) is 22.9 Å². The molecule has 18 heavy (non-hydrogen) atoms. The largest absolute Gasteiger partial charge is 0.324 e. The average molecular weight is 303 g/mol. The smallest absolute Gasteiger partial charge is 0.0410 e. The SMILES string of the molecule is NC(CC1Cc2ccccc21)c1cncc(Br)c1. The van der Waals surface area contributed by atoms with Crippen molar-refractivity contribution < 1.29 is 0 Å². The number of hydrogen-bond acceptors (Lipinski definition) is 2. The van der Waals surface area contributed by atoms with E-state index in [2.05, 4.69) is 51.2 Å². The molecule has 0 aliphatic heterocycles. The van der Waals surface area contributed by atoms with E-state index in [1.54, 1.807) is 6.20 Å². The van der Waals surface area contributed by atoms with Crippen LogP contribution < -0.4 is 5.73 Å². The Bertz CT molecular complexity index is 568. The zero-order valence-corrected chi connectivity index (χ0v) is 11.6. The minimum absolute atomic E-state index is 0.0633. The topological polar surface area (TPSA) is 38.9 Å². The van der Waals surface area contributed by atoms with Crippen molar-refractivity contribution >= 4 is 15.9 Å². The summed E-state index contributed by atoms with van der Waals surface area (Å²) in [5, 5.41) is 0. The third kappa shape index (κ3) is 2.20. The number of hydrogen-bond donors (Lipinski definition) is 1. The predicted molar refractivity (Wildman–Crippen MR) is 76.4 cm³/mol. The van der Waals surface area contributed by atoms with Gasteiger partial charge in [0.2, 0.25) is 0 Å². The predicted octanol–water partition coefficient (Wildman–Crippen LogP) is 3.57. The molecule has 0 radical (unpaired) electrons. The summed E-state index contributed by atoms with van der Waals surface area (Å²) in [6.45, 7) is 0. The highest BCUT2D eigenvalue weighted by Crippen LogP contribution is 2.40. The van der Waals surface area contributed by atoms with E-state index in [9.17, 15) is 0 Å². The van der Waals surface area contributed by atoms with Crippen molar-refractivity contribution in [2.45, 2.75) is 24.8 Å². The summed E-state index contributed by atoms with van der Waals surface area (Å²) in [6.07, 6.45) is 5.80. The number of fused-ring (bicyclic) bond motifs is 1. The van der Waals surface area contributed by atoms with Gasteiger partial charge in [-0.2, -0.15) is 0 Å². The van der Waals surface area contributed by atoms with Crippen LogP contribution in [-0.2, 0) is 6.42 Å². The molecule has 0 saturated carbocycles. The van der Waals surface area contributed by atoms with E-state index in [-0.39, 0.29) is 6.04 Å². The fourth-order valence-corrected chi connectivity index (χ4v) is 3.03. The van der Waals surface area contributed by atoms with E-state index < -0.39 is 0 Å². The molecular formula is C15H15BrN2. The first kappa shape index (κ1) is 11.9. The maximum Gasteiger partial charge on any atom is 0.0410 e. The minimum Gasteiger partial charge on any atom is -0.324 e. The van der Waals surface area contributed by atoms with Crippen molar-refractivity contribution in [3.63, 3.8) is 0 Å². The van der Waals surface area contributed by atoms with Crippen LogP contribution in [0, 0.1) is 0 Å². The summed E-state index contributed by atoms with van der Waals surface area (Å²) in [5.74, 6) is 0.607. The van der Waals surface area contributed by atoms with E-state index in [4.69, 9.17) is 5.73 Å². The lowest BCUT2D eigenvalue weighted by molar-refractivity contribution is 0.497. The van der Waals surface area contributed by atoms with Crippen molar-refractivity contribution in [2.24, 2.45) is 5.73 Å². The van der Waals surface area contributed by atoms with Crippen LogP contribution in [0.1, 0.15) is 35.1 Å². The highest BCUT2D eigenvalue weighted by molar-refractivity contribution is 9.10. The summed E-state index contributed by atoms with van der Waals surface area (Å²) in [6, 6.07) is 10.8. The molecule has 2 nitrogen and oxygen atoms in total. The van der Waals surface area contributed by atoms with Gasteiger partial charge >= 0.3 is 0 Å². The Kier molecular flexibility index (Phi) is 3.18. The van der Waals surface area contributed by atoms with Crippen molar-refractivity contribution in [3.8, 4) is 0 Å². The van der Waals surface area contributed by atoms with Gasteiger partial charge in [-0.05, 0) is 57.4 Å². The van der Waals surface area contributed by atoms with Gasteiger partial charge in [-0.25, -0.2) is 0 Å². The second-order valence-corrected chi connectivity index (χ2v) is 5.79. The van der Waals surface area contributed by atoms with Gasteiger partial charge in [0.25, 0.3) is 0 Å². The van der Waals surface area contributed by atoms with E-state index in [0.29, 0.717) is 5.92 Å². The number of rotatable bonds is 3. The van der Waals surface area contributed by atoms with Crippen LogP contribution in [0.15, 0.2) is 47.2 Å². The first-order valence-corrected chi connectivity index (χ1v) is 6.97. The van der Waals surface area contributed by atoms with Crippen LogP contribution in [0.3, 0.4) is 0 Å². The van der Waals surface area contributed by atoms with E-state index in [1.165, 1.54) is 11.1 Å². The molecule has 0 bridgehead atoms. The standard InChI is InChI=1S/C15H15BrN2/c16-13-6-12(8-18-9-13)15(17)7-11-5-10-3-1-2-4-14(10)11/h1-4,6,8-9,11,15H,5,7,17H2. The number of pyridine rings is 1. The van der Waals surface area contributed by atoms with Crippen LogP contribution in [0.25, 0.3) is 0 Å². The van der Waals surface area contributed by atoms with Gasteiger partial charge in [-0.15, -0.1) is 0 Å². The Labute approximate surface area is 115 Å². The van der Waals surface area contributed by atoms with E-state index in [0.717, 1.165) is 22.9 Å². The molecule has 2 unspecified atom stereocenters. The summed E-state index contributed by atoms with van der Waals surface area (Å²) in [4.78, 5) is 4.17. The van der Waals surface area contributed by atoms with E-state index in [1.807, 2.05) is 6.20 Å². The van der Waals surface area contributed by atoms with Gasteiger partial charge in [-0.1, -0.05) is 24.3 Å². The Hall–Kier alpha value is -1.19. The summed E-state index contributed by atoms with van der Waals surface area (Å²) >= 11 is 3.44. The Morgan fingerprint density at radius 2 is 2.17 bits per heavy atom. The maximum absolute atomic E-state index is 6.27. The van der Waals surface area contributed by atoms with Crippen LogP contribution in [0.4, 0.5) is 0 Å². The average Bonchev–Trinajstić information content (AvgIpc) is 2.36. The highest BCUT2D eigenvalue weighted by Gasteiger charge is 2.27. The number of aromatic nitrogens is 1. The molecule has 0 spiro atoms. The quantitative estimate of drug-likeness (QED) is 0.941. The van der Waals surface area contributed by atoms with Gasteiger partial charge in [0.05, 0.1) is 0 Å². The Morgan fingerprint density at radius 3 is 2.94 bits per heavy atom. The molecule has 1 heterocycles. The maximum atomic E-state index is 6.27. The lowest BCUT2D eigenvalue weighted by atomic mass is 9.74.